The van der Waals surface area contributed by atoms with Crippen LogP contribution in [0.5, 0.6) is 0 Å². The minimum absolute atomic E-state index is 0.296. The van der Waals surface area contributed by atoms with Crippen molar-refractivity contribution < 1.29 is 19.8 Å². The third-order valence-electron chi connectivity index (χ3n) is 2.99. The zero-order valence-electron chi connectivity index (χ0n) is 13.2. The van der Waals surface area contributed by atoms with Gasteiger partial charge < -0.3 is 15.1 Å². The fourth-order valence-corrected chi connectivity index (χ4v) is 1.92. The van der Waals surface area contributed by atoms with Crippen LogP contribution >= 0.6 is 0 Å². The summed E-state index contributed by atoms with van der Waals surface area (Å²) in [5.74, 6) is -1.13. The minimum Gasteiger partial charge on any atom is -0.481 e. The van der Waals surface area contributed by atoms with E-state index in [1.165, 1.54) is 4.90 Å². The van der Waals surface area contributed by atoms with Crippen molar-refractivity contribution in [1.29, 1.82) is 0 Å². The Bertz CT molecular complexity index is 609. The topological polar surface area (TPSA) is 77.8 Å². The van der Waals surface area contributed by atoms with Gasteiger partial charge in [-0.15, -0.1) is 0 Å². The SMILES string of the molecule is CC(=O)O.CN(Cc1ccccc1)C(=O)C(O)c1ccccc1. The van der Waals surface area contributed by atoms with Crippen LogP contribution in [0.15, 0.2) is 60.7 Å². The average molecular weight is 315 g/mol. The van der Waals surface area contributed by atoms with E-state index in [4.69, 9.17) is 9.90 Å². The van der Waals surface area contributed by atoms with Gasteiger partial charge in [-0.25, -0.2) is 0 Å². The van der Waals surface area contributed by atoms with Crippen molar-refractivity contribution in [3.05, 3.63) is 71.8 Å². The molecular formula is C18H21NO4. The average Bonchev–Trinajstić information content (AvgIpc) is 2.54. The Labute approximate surface area is 135 Å². The highest BCUT2D eigenvalue weighted by Gasteiger charge is 2.20. The smallest absolute Gasteiger partial charge is 0.300 e. The number of aliphatic hydroxyl groups is 1. The standard InChI is InChI=1S/C16H17NO2.C2H4O2/c1-17(12-13-8-4-2-5-9-13)16(19)15(18)14-10-6-3-7-11-14;1-2(3)4/h2-11,15,18H,12H2,1H3;1H3,(H,3,4). The molecule has 0 aliphatic carbocycles. The van der Waals surface area contributed by atoms with Crippen LogP contribution in [-0.2, 0) is 16.1 Å². The summed E-state index contributed by atoms with van der Waals surface area (Å²) in [5, 5.41) is 17.5. The molecule has 0 spiro atoms. The summed E-state index contributed by atoms with van der Waals surface area (Å²) in [4.78, 5) is 22.7. The van der Waals surface area contributed by atoms with Gasteiger partial charge in [0, 0.05) is 20.5 Å². The Balaban J connectivity index is 0.000000593. The number of aliphatic hydroxyl groups excluding tert-OH is 1. The lowest BCUT2D eigenvalue weighted by molar-refractivity contribution is -0.139. The van der Waals surface area contributed by atoms with Crippen molar-refractivity contribution in [2.45, 2.75) is 19.6 Å². The molecule has 0 saturated heterocycles. The van der Waals surface area contributed by atoms with Crippen molar-refractivity contribution >= 4 is 11.9 Å². The fourth-order valence-electron chi connectivity index (χ4n) is 1.92. The molecule has 0 aliphatic rings. The zero-order valence-corrected chi connectivity index (χ0v) is 13.2. The van der Waals surface area contributed by atoms with E-state index in [2.05, 4.69) is 0 Å². The quantitative estimate of drug-likeness (QED) is 0.908. The van der Waals surface area contributed by atoms with Crippen molar-refractivity contribution in [3.63, 3.8) is 0 Å². The van der Waals surface area contributed by atoms with E-state index in [1.54, 1.807) is 19.2 Å². The lowest BCUT2D eigenvalue weighted by Gasteiger charge is -2.21. The number of aliphatic carboxylic acids is 1. The van der Waals surface area contributed by atoms with E-state index in [9.17, 15) is 9.90 Å². The van der Waals surface area contributed by atoms with Crippen molar-refractivity contribution in [3.8, 4) is 0 Å². The molecule has 0 radical (unpaired) electrons. The highest BCUT2D eigenvalue weighted by molar-refractivity contribution is 5.81. The van der Waals surface area contributed by atoms with Crippen LogP contribution in [0, 0.1) is 0 Å². The van der Waals surface area contributed by atoms with Crippen LogP contribution in [0.2, 0.25) is 0 Å². The molecule has 0 fully saturated rings. The number of rotatable bonds is 4. The maximum atomic E-state index is 12.1. The third-order valence-corrected chi connectivity index (χ3v) is 2.99. The molecule has 1 atom stereocenters. The Hall–Kier alpha value is -2.66. The maximum Gasteiger partial charge on any atom is 0.300 e. The predicted octanol–water partition coefficient (Wildman–Crippen LogP) is 2.47. The number of benzene rings is 2. The molecule has 122 valence electrons. The van der Waals surface area contributed by atoms with Gasteiger partial charge in [-0.3, -0.25) is 9.59 Å². The molecule has 1 amide bonds. The van der Waals surface area contributed by atoms with Crippen LogP contribution in [0.1, 0.15) is 24.2 Å². The summed E-state index contributed by atoms with van der Waals surface area (Å²) in [7, 11) is 1.70. The summed E-state index contributed by atoms with van der Waals surface area (Å²) in [6, 6.07) is 18.7. The van der Waals surface area contributed by atoms with Crippen LogP contribution < -0.4 is 0 Å². The molecule has 0 bridgehead atoms. The molecule has 5 heteroatoms. The Morgan fingerprint density at radius 1 is 1.00 bits per heavy atom. The van der Waals surface area contributed by atoms with Gasteiger partial charge in [0.05, 0.1) is 0 Å². The molecule has 2 aromatic carbocycles. The molecule has 23 heavy (non-hydrogen) atoms. The van der Waals surface area contributed by atoms with Crippen molar-refractivity contribution in [2.24, 2.45) is 0 Å². The number of nitrogens with zero attached hydrogens (tertiary/aromatic N) is 1. The van der Waals surface area contributed by atoms with Gasteiger partial charge in [0.2, 0.25) is 0 Å². The van der Waals surface area contributed by atoms with Crippen LogP contribution in [-0.4, -0.2) is 34.0 Å². The Morgan fingerprint density at radius 3 is 1.91 bits per heavy atom. The second-order valence-corrected chi connectivity index (χ2v) is 5.01. The normalized spacial score (nSPS) is 10.9. The third kappa shape index (κ3) is 6.76. The lowest BCUT2D eigenvalue weighted by atomic mass is 10.1. The first-order valence-electron chi connectivity index (χ1n) is 7.13. The second kappa shape index (κ2) is 9.38. The van der Waals surface area contributed by atoms with Crippen LogP contribution in [0.3, 0.4) is 0 Å². The number of hydrogen-bond acceptors (Lipinski definition) is 3. The van der Waals surface area contributed by atoms with Gasteiger partial charge in [-0.1, -0.05) is 60.7 Å². The monoisotopic (exact) mass is 315 g/mol. The molecule has 2 N–H and O–H groups in total. The van der Waals surface area contributed by atoms with E-state index in [0.29, 0.717) is 12.1 Å². The number of carbonyl (C=O) groups excluding carboxylic acids is 1. The molecule has 0 aromatic heterocycles. The van der Waals surface area contributed by atoms with Gasteiger partial charge >= 0.3 is 0 Å². The minimum atomic E-state index is -1.10. The molecule has 5 nitrogen and oxygen atoms in total. The van der Waals surface area contributed by atoms with E-state index in [1.807, 2.05) is 48.5 Å². The molecule has 2 aromatic rings. The summed E-state index contributed by atoms with van der Waals surface area (Å²) in [6.45, 7) is 1.57. The molecular weight excluding hydrogens is 294 g/mol. The van der Waals surface area contributed by atoms with Gasteiger partial charge in [-0.05, 0) is 11.1 Å². The number of carbonyl (C=O) groups is 2. The molecule has 0 heterocycles. The highest BCUT2D eigenvalue weighted by Crippen LogP contribution is 2.15. The lowest BCUT2D eigenvalue weighted by Crippen LogP contribution is -2.31. The summed E-state index contributed by atoms with van der Waals surface area (Å²) < 4.78 is 0. The highest BCUT2D eigenvalue weighted by atomic mass is 16.4. The maximum absolute atomic E-state index is 12.1. The predicted molar refractivity (Wildman–Crippen MR) is 87.6 cm³/mol. The molecule has 2 rings (SSSR count). The van der Waals surface area contributed by atoms with Gasteiger partial charge in [0.15, 0.2) is 6.10 Å². The number of hydrogen-bond donors (Lipinski definition) is 2. The Kier molecular flexibility index (Phi) is 7.50. The molecule has 1 unspecified atom stereocenters. The van der Waals surface area contributed by atoms with Crippen molar-refractivity contribution in [1.82, 2.24) is 4.90 Å². The molecule has 0 aliphatic heterocycles. The van der Waals surface area contributed by atoms with E-state index in [-0.39, 0.29) is 5.91 Å². The summed E-state index contributed by atoms with van der Waals surface area (Å²) in [5.41, 5.74) is 1.66. The summed E-state index contributed by atoms with van der Waals surface area (Å²) in [6.07, 6.45) is -1.10. The van der Waals surface area contributed by atoms with Crippen LogP contribution in [0.4, 0.5) is 0 Å². The van der Waals surface area contributed by atoms with Gasteiger partial charge in [-0.2, -0.15) is 0 Å². The van der Waals surface area contributed by atoms with E-state index >= 15 is 0 Å². The molecule has 0 saturated carbocycles. The van der Waals surface area contributed by atoms with Gasteiger partial charge in [0.25, 0.3) is 11.9 Å². The number of carboxylic acids is 1. The van der Waals surface area contributed by atoms with E-state index in [0.717, 1.165) is 12.5 Å². The Morgan fingerprint density at radius 2 is 1.43 bits per heavy atom. The number of amides is 1. The fraction of sp³-hybridized carbons (Fsp3) is 0.222. The van der Waals surface area contributed by atoms with Gasteiger partial charge in [0.1, 0.15) is 0 Å². The second-order valence-electron chi connectivity index (χ2n) is 5.01. The zero-order chi connectivity index (χ0) is 17.2. The first-order valence-corrected chi connectivity index (χ1v) is 7.13. The van der Waals surface area contributed by atoms with Crippen molar-refractivity contribution in [2.75, 3.05) is 7.05 Å². The largest absolute Gasteiger partial charge is 0.481 e. The number of likely N-dealkylation sites (N-methyl/N-ethyl adjacent to an activating group) is 1. The van der Waals surface area contributed by atoms with E-state index < -0.39 is 12.1 Å². The first kappa shape index (κ1) is 18.4. The summed E-state index contributed by atoms with van der Waals surface area (Å²) >= 11 is 0. The number of carboxylic acid groups (broad SMARTS) is 1. The first-order chi connectivity index (χ1) is 10.9. The van der Waals surface area contributed by atoms with Crippen LogP contribution in [0.25, 0.3) is 0 Å².